The van der Waals surface area contributed by atoms with E-state index in [0.29, 0.717) is 18.9 Å². The van der Waals surface area contributed by atoms with Crippen molar-refractivity contribution < 1.29 is 13.2 Å². The smallest absolute Gasteiger partial charge is 0.325 e. The fourth-order valence-electron chi connectivity index (χ4n) is 1.91. The molecule has 0 atom stereocenters. The van der Waals surface area contributed by atoms with Crippen LogP contribution in [0.2, 0.25) is 0 Å². The van der Waals surface area contributed by atoms with E-state index < -0.39 is 16.2 Å². The van der Waals surface area contributed by atoms with Gasteiger partial charge < -0.3 is 21.5 Å². The Morgan fingerprint density at radius 3 is 2.43 bits per heavy atom. The monoisotopic (exact) mass is 340 g/mol. The van der Waals surface area contributed by atoms with Crippen molar-refractivity contribution in [2.75, 3.05) is 31.6 Å². The largest absolute Gasteiger partial charge is 0.379 e. The number of nitrogens with one attached hydrogen (secondary N) is 1. The Morgan fingerprint density at radius 1 is 1.22 bits per heavy atom. The zero-order chi connectivity index (χ0) is 16.9. The first kappa shape index (κ1) is 17.2. The summed E-state index contributed by atoms with van der Waals surface area (Å²) in [6.07, 6.45) is 0. The number of nitrogens with two attached hydrogens (primary N) is 2. The van der Waals surface area contributed by atoms with Crippen LogP contribution in [0.5, 0.6) is 0 Å². The summed E-state index contributed by atoms with van der Waals surface area (Å²) in [7, 11) is -3.88. The van der Waals surface area contributed by atoms with Crippen LogP contribution in [-0.4, -0.2) is 50.9 Å². The first-order valence-corrected chi connectivity index (χ1v) is 8.37. The number of aryl methyl sites for hydroxylation is 1. The number of nitrogens with zero attached hydrogens (tertiary/aromatic N) is 3. The van der Waals surface area contributed by atoms with E-state index in [1.54, 1.807) is 0 Å². The highest BCUT2D eigenvalue weighted by atomic mass is 32.2. The molecule has 126 valence electrons. The van der Waals surface area contributed by atoms with Gasteiger partial charge in [0.1, 0.15) is 0 Å². The molecule has 2 rings (SSSR count). The highest BCUT2D eigenvalue weighted by molar-refractivity contribution is 7.87. The van der Waals surface area contributed by atoms with Gasteiger partial charge in [-0.2, -0.15) is 17.7 Å². The van der Waals surface area contributed by atoms with Gasteiger partial charge in [-0.05, 0) is 19.1 Å². The standard InChI is InChI=1S/C13H20N6O3S/c1-10-2-4-11(5-3-10)16-12(14)17-13(15)18-23(20,21)19-6-8-22-9-7-19/h2-5H,6-9H2,1H3,(H5,14,15,16,17,18). The topological polar surface area (TPSA) is 135 Å². The van der Waals surface area contributed by atoms with Crippen molar-refractivity contribution in [1.29, 1.82) is 0 Å². The second-order valence-corrected chi connectivity index (χ2v) is 6.52. The summed E-state index contributed by atoms with van der Waals surface area (Å²) >= 11 is 0. The first-order chi connectivity index (χ1) is 10.9. The Labute approximate surface area is 135 Å². The molecule has 1 aromatic rings. The lowest BCUT2D eigenvalue weighted by atomic mass is 10.2. The molecule has 10 heteroatoms. The average molecular weight is 340 g/mol. The minimum absolute atomic E-state index is 0.0488. The Balaban J connectivity index is 2.05. The third kappa shape index (κ3) is 5.20. The molecule has 1 fully saturated rings. The SMILES string of the molecule is Cc1ccc(N/C(N)=N/C(N)=N/S(=O)(=O)N2CCOCC2)cc1. The number of benzene rings is 1. The van der Waals surface area contributed by atoms with Crippen LogP contribution in [0.4, 0.5) is 5.69 Å². The molecule has 5 N–H and O–H groups in total. The minimum atomic E-state index is -3.88. The minimum Gasteiger partial charge on any atom is -0.379 e. The van der Waals surface area contributed by atoms with Gasteiger partial charge in [-0.1, -0.05) is 17.7 Å². The predicted octanol–water partition coefficient (Wildman–Crippen LogP) is -0.387. The quantitative estimate of drug-likeness (QED) is 0.507. The number of morpholine rings is 1. The molecule has 0 saturated carbocycles. The summed E-state index contributed by atoms with van der Waals surface area (Å²) in [5.74, 6) is -0.485. The summed E-state index contributed by atoms with van der Waals surface area (Å²) in [5, 5.41) is 2.80. The van der Waals surface area contributed by atoms with Gasteiger partial charge in [0.05, 0.1) is 13.2 Å². The van der Waals surface area contributed by atoms with Crippen LogP contribution < -0.4 is 16.8 Å². The molecule has 0 unspecified atom stereocenters. The van der Waals surface area contributed by atoms with Gasteiger partial charge in [0.25, 0.3) is 0 Å². The molecule has 0 spiro atoms. The summed E-state index contributed by atoms with van der Waals surface area (Å²) in [6.45, 7) is 3.09. The van der Waals surface area contributed by atoms with Gasteiger partial charge in [-0.15, -0.1) is 4.40 Å². The fourth-order valence-corrected chi connectivity index (χ4v) is 2.91. The number of aliphatic imine (C=N–C) groups is 1. The molecule has 1 aliphatic heterocycles. The van der Waals surface area contributed by atoms with Crippen molar-refractivity contribution in [3.63, 3.8) is 0 Å². The molecule has 1 aromatic carbocycles. The average Bonchev–Trinajstić information content (AvgIpc) is 2.49. The van der Waals surface area contributed by atoms with E-state index in [4.69, 9.17) is 16.2 Å². The van der Waals surface area contributed by atoms with Crippen LogP contribution >= 0.6 is 0 Å². The molecular weight excluding hydrogens is 320 g/mol. The highest BCUT2D eigenvalue weighted by Crippen LogP contribution is 2.08. The maximum absolute atomic E-state index is 12.0. The predicted molar refractivity (Wildman–Crippen MR) is 89.4 cm³/mol. The lowest BCUT2D eigenvalue weighted by molar-refractivity contribution is 0.0731. The van der Waals surface area contributed by atoms with E-state index in [-0.39, 0.29) is 19.0 Å². The third-order valence-corrected chi connectivity index (χ3v) is 4.50. The fraction of sp³-hybridized carbons (Fsp3) is 0.385. The summed E-state index contributed by atoms with van der Waals surface area (Å²) < 4.78 is 33.8. The van der Waals surface area contributed by atoms with E-state index >= 15 is 0 Å². The van der Waals surface area contributed by atoms with Gasteiger partial charge >= 0.3 is 10.2 Å². The molecule has 0 amide bonds. The Bertz CT molecular complexity index is 693. The normalized spacial score (nSPS) is 18.0. The van der Waals surface area contributed by atoms with E-state index in [2.05, 4.69) is 14.7 Å². The van der Waals surface area contributed by atoms with Gasteiger partial charge in [0.2, 0.25) is 11.9 Å². The number of rotatable bonds is 3. The number of anilines is 1. The molecule has 0 bridgehead atoms. The van der Waals surface area contributed by atoms with Gasteiger partial charge in [0, 0.05) is 18.8 Å². The molecule has 0 radical (unpaired) electrons. The van der Waals surface area contributed by atoms with Crippen LogP contribution in [0.1, 0.15) is 5.56 Å². The number of guanidine groups is 2. The third-order valence-electron chi connectivity index (χ3n) is 3.06. The lowest BCUT2D eigenvalue weighted by Crippen LogP contribution is -2.40. The van der Waals surface area contributed by atoms with Gasteiger partial charge in [-0.25, -0.2) is 0 Å². The van der Waals surface area contributed by atoms with Crippen LogP contribution in [-0.2, 0) is 14.9 Å². The van der Waals surface area contributed by atoms with E-state index in [0.717, 1.165) is 5.56 Å². The van der Waals surface area contributed by atoms with Crippen LogP contribution in [0.3, 0.4) is 0 Å². The van der Waals surface area contributed by atoms with E-state index in [9.17, 15) is 8.42 Å². The maximum Gasteiger partial charge on any atom is 0.325 e. The first-order valence-electron chi connectivity index (χ1n) is 6.98. The number of hydrogen-bond donors (Lipinski definition) is 3. The van der Waals surface area contributed by atoms with Crippen molar-refractivity contribution in [1.82, 2.24) is 4.31 Å². The van der Waals surface area contributed by atoms with Crippen LogP contribution in [0.25, 0.3) is 0 Å². The summed E-state index contributed by atoms with van der Waals surface area (Å²) in [4.78, 5) is 3.75. The van der Waals surface area contributed by atoms with Crippen LogP contribution in [0, 0.1) is 6.92 Å². The molecule has 1 aliphatic rings. The molecule has 9 nitrogen and oxygen atoms in total. The van der Waals surface area contributed by atoms with E-state index in [1.807, 2.05) is 31.2 Å². The molecule has 23 heavy (non-hydrogen) atoms. The number of ether oxygens (including phenoxy) is 1. The van der Waals surface area contributed by atoms with Gasteiger partial charge in [0.15, 0.2) is 0 Å². The summed E-state index contributed by atoms with van der Waals surface area (Å²) in [6, 6.07) is 7.43. The molecule has 1 saturated heterocycles. The van der Waals surface area contributed by atoms with Crippen molar-refractivity contribution in [2.45, 2.75) is 6.92 Å². The Morgan fingerprint density at radius 2 is 1.83 bits per heavy atom. The second-order valence-electron chi connectivity index (χ2n) is 4.93. The lowest BCUT2D eigenvalue weighted by Gasteiger charge is -2.23. The zero-order valence-corrected chi connectivity index (χ0v) is 13.6. The molecule has 1 heterocycles. The highest BCUT2D eigenvalue weighted by Gasteiger charge is 2.23. The number of hydrogen-bond acceptors (Lipinski definition) is 3. The Kier molecular flexibility index (Phi) is 5.53. The van der Waals surface area contributed by atoms with Crippen molar-refractivity contribution in [3.05, 3.63) is 29.8 Å². The molecular formula is C13H20N6O3S. The van der Waals surface area contributed by atoms with E-state index in [1.165, 1.54) is 4.31 Å². The Hall–Kier alpha value is -2.17. The van der Waals surface area contributed by atoms with Gasteiger partial charge in [-0.3, -0.25) is 0 Å². The second kappa shape index (κ2) is 7.40. The summed E-state index contributed by atoms with van der Waals surface area (Å²) in [5.41, 5.74) is 13.1. The van der Waals surface area contributed by atoms with Crippen molar-refractivity contribution in [3.8, 4) is 0 Å². The molecule has 0 aromatic heterocycles. The molecule has 0 aliphatic carbocycles. The van der Waals surface area contributed by atoms with Crippen LogP contribution in [0.15, 0.2) is 33.7 Å². The van der Waals surface area contributed by atoms with Crippen molar-refractivity contribution >= 4 is 27.8 Å². The van der Waals surface area contributed by atoms with Crippen molar-refractivity contribution in [2.24, 2.45) is 20.9 Å². The zero-order valence-electron chi connectivity index (χ0n) is 12.8. The maximum atomic E-state index is 12.0.